The Morgan fingerprint density at radius 2 is 2.50 bits per heavy atom. The van der Waals surface area contributed by atoms with Crippen molar-refractivity contribution in [3.05, 3.63) is 0 Å². The average molecular weight is 110 g/mol. The van der Waals surface area contributed by atoms with Gasteiger partial charge in [-0.05, 0) is 7.05 Å². The second-order valence-corrected chi connectivity index (χ2v) is 1.50. The van der Waals surface area contributed by atoms with Crippen LogP contribution in [0.5, 0.6) is 0 Å². The Morgan fingerprint density at radius 3 is 2.50 bits per heavy atom. The third kappa shape index (κ3) is 4.21. The number of likely N-dealkylation sites (N-methyl/N-ethyl adjacent to an activating group) is 1. The molecule has 0 aromatic carbocycles. The van der Waals surface area contributed by atoms with Crippen molar-refractivity contribution in [2.24, 2.45) is 0 Å². The molecular formula is C3H8ClNO. The quantitative estimate of drug-likeness (QED) is 0.480. The molecule has 0 bridgehead atoms. The van der Waals surface area contributed by atoms with Crippen molar-refractivity contribution in [1.29, 1.82) is 0 Å². The van der Waals surface area contributed by atoms with Crippen LogP contribution in [0.3, 0.4) is 0 Å². The summed E-state index contributed by atoms with van der Waals surface area (Å²) in [4.78, 5) is 0. The standard InChI is InChI=1S/C3H8ClNO/c1-5-2-3(4)6/h3,5-6H,2H2,1H3. The summed E-state index contributed by atoms with van der Waals surface area (Å²) in [5.74, 6) is 0. The lowest BCUT2D eigenvalue weighted by Gasteiger charge is -1.95. The van der Waals surface area contributed by atoms with E-state index in [4.69, 9.17) is 16.7 Å². The van der Waals surface area contributed by atoms with Crippen LogP contribution in [0.4, 0.5) is 0 Å². The van der Waals surface area contributed by atoms with E-state index in [9.17, 15) is 0 Å². The zero-order chi connectivity index (χ0) is 4.99. The van der Waals surface area contributed by atoms with E-state index >= 15 is 0 Å². The summed E-state index contributed by atoms with van der Waals surface area (Å²) in [6, 6.07) is 0. The van der Waals surface area contributed by atoms with Crippen molar-refractivity contribution in [1.82, 2.24) is 5.32 Å². The molecule has 0 heterocycles. The first kappa shape index (κ1) is 6.21. The molecule has 0 aliphatic rings. The first-order valence-corrected chi connectivity index (χ1v) is 2.17. The van der Waals surface area contributed by atoms with E-state index in [1.165, 1.54) is 0 Å². The molecule has 0 rings (SSSR count). The Labute approximate surface area is 42.1 Å². The van der Waals surface area contributed by atoms with Gasteiger partial charge in [-0.25, -0.2) is 0 Å². The average Bonchev–Trinajstić information content (AvgIpc) is 1.35. The highest BCUT2D eigenvalue weighted by Crippen LogP contribution is 1.82. The molecule has 38 valence electrons. The van der Waals surface area contributed by atoms with Crippen LogP contribution >= 0.6 is 11.6 Å². The van der Waals surface area contributed by atoms with E-state index in [1.807, 2.05) is 0 Å². The van der Waals surface area contributed by atoms with E-state index in [-0.39, 0.29) is 0 Å². The molecule has 3 heteroatoms. The maximum atomic E-state index is 8.26. The summed E-state index contributed by atoms with van der Waals surface area (Å²) >= 11 is 5.07. The number of nitrogens with one attached hydrogen (secondary N) is 1. The molecule has 0 saturated carbocycles. The van der Waals surface area contributed by atoms with Gasteiger partial charge in [-0.3, -0.25) is 0 Å². The summed E-state index contributed by atoms with van der Waals surface area (Å²) in [5, 5.41) is 10.9. The molecule has 2 N–H and O–H groups in total. The van der Waals surface area contributed by atoms with Crippen molar-refractivity contribution < 1.29 is 5.11 Å². The molecular weight excluding hydrogens is 101 g/mol. The zero-order valence-corrected chi connectivity index (χ0v) is 4.37. The molecule has 0 amide bonds. The minimum atomic E-state index is -0.741. The summed E-state index contributed by atoms with van der Waals surface area (Å²) in [6.45, 7) is 0.446. The predicted octanol–water partition coefficient (Wildman–Crippen LogP) is -0.237. The molecule has 0 aromatic heterocycles. The SMILES string of the molecule is CNCC(O)Cl. The normalized spacial score (nSPS) is 14.5. The van der Waals surface area contributed by atoms with E-state index in [1.54, 1.807) is 7.05 Å². The molecule has 2 nitrogen and oxygen atoms in total. The lowest BCUT2D eigenvalue weighted by Crippen LogP contribution is -2.17. The van der Waals surface area contributed by atoms with Crippen molar-refractivity contribution >= 4 is 11.6 Å². The maximum absolute atomic E-state index is 8.26. The van der Waals surface area contributed by atoms with Gasteiger partial charge in [0.1, 0.15) is 5.56 Å². The van der Waals surface area contributed by atoms with Gasteiger partial charge < -0.3 is 10.4 Å². The number of hydrogen-bond donors (Lipinski definition) is 2. The van der Waals surface area contributed by atoms with Crippen LogP contribution in [0.2, 0.25) is 0 Å². The Balaban J connectivity index is 2.63. The number of alkyl halides is 1. The van der Waals surface area contributed by atoms with Gasteiger partial charge in [0.25, 0.3) is 0 Å². The molecule has 0 fully saturated rings. The summed E-state index contributed by atoms with van der Waals surface area (Å²) in [7, 11) is 1.73. The van der Waals surface area contributed by atoms with Crippen LogP contribution in [0.25, 0.3) is 0 Å². The lowest BCUT2D eigenvalue weighted by atomic mass is 10.7. The maximum Gasteiger partial charge on any atom is 0.140 e. The molecule has 0 radical (unpaired) electrons. The van der Waals surface area contributed by atoms with Crippen LogP contribution in [-0.4, -0.2) is 24.3 Å². The van der Waals surface area contributed by atoms with Crippen molar-refractivity contribution in [3.63, 3.8) is 0 Å². The van der Waals surface area contributed by atoms with Gasteiger partial charge >= 0.3 is 0 Å². The number of hydrogen-bond acceptors (Lipinski definition) is 2. The fourth-order valence-corrected chi connectivity index (χ4v) is 0.323. The fourth-order valence-electron chi connectivity index (χ4n) is 0.168. The highest BCUT2D eigenvalue weighted by atomic mass is 35.5. The molecule has 0 aliphatic heterocycles. The number of halogens is 1. The van der Waals surface area contributed by atoms with Gasteiger partial charge in [0.2, 0.25) is 0 Å². The second kappa shape index (κ2) is 3.40. The summed E-state index contributed by atoms with van der Waals surface area (Å²) in [6.07, 6.45) is 0. The van der Waals surface area contributed by atoms with Crippen LogP contribution in [0, 0.1) is 0 Å². The molecule has 0 aliphatic carbocycles. The van der Waals surface area contributed by atoms with Gasteiger partial charge in [0.15, 0.2) is 0 Å². The lowest BCUT2D eigenvalue weighted by molar-refractivity contribution is 0.255. The van der Waals surface area contributed by atoms with E-state index in [2.05, 4.69) is 5.32 Å². The van der Waals surface area contributed by atoms with Crippen molar-refractivity contribution in [3.8, 4) is 0 Å². The predicted molar refractivity (Wildman–Crippen MR) is 25.8 cm³/mol. The largest absolute Gasteiger partial charge is 0.376 e. The number of rotatable bonds is 2. The monoisotopic (exact) mass is 109 g/mol. The Hall–Kier alpha value is 0.210. The van der Waals surface area contributed by atoms with Gasteiger partial charge in [0.05, 0.1) is 0 Å². The van der Waals surface area contributed by atoms with Gasteiger partial charge in [0, 0.05) is 6.54 Å². The number of aliphatic hydroxyl groups excluding tert-OH is 1. The highest BCUT2D eigenvalue weighted by Gasteiger charge is 1.89. The van der Waals surface area contributed by atoms with Crippen LogP contribution in [0.15, 0.2) is 0 Å². The topological polar surface area (TPSA) is 32.3 Å². The zero-order valence-electron chi connectivity index (χ0n) is 3.61. The smallest absolute Gasteiger partial charge is 0.140 e. The van der Waals surface area contributed by atoms with Gasteiger partial charge in [-0.2, -0.15) is 0 Å². The van der Waals surface area contributed by atoms with Crippen molar-refractivity contribution in [2.45, 2.75) is 5.56 Å². The molecule has 1 unspecified atom stereocenters. The van der Waals surface area contributed by atoms with E-state index in [0.717, 1.165) is 0 Å². The molecule has 0 spiro atoms. The van der Waals surface area contributed by atoms with Crippen LogP contribution in [-0.2, 0) is 0 Å². The Morgan fingerprint density at radius 1 is 2.00 bits per heavy atom. The van der Waals surface area contributed by atoms with Crippen LogP contribution < -0.4 is 5.32 Å². The van der Waals surface area contributed by atoms with Crippen LogP contribution in [0.1, 0.15) is 0 Å². The molecule has 0 aromatic rings. The first-order chi connectivity index (χ1) is 2.77. The third-order valence-electron chi connectivity index (χ3n) is 0.373. The van der Waals surface area contributed by atoms with Gasteiger partial charge in [-0.15, -0.1) is 0 Å². The van der Waals surface area contributed by atoms with Gasteiger partial charge in [-0.1, -0.05) is 11.6 Å². The fraction of sp³-hybridized carbons (Fsp3) is 1.00. The summed E-state index contributed by atoms with van der Waals surface area (Å²) in [5.41, 5.74) is -0.741. The van der Waals surface area contributed by atoms with E-state index in [0.29, 0.717) is 6.54 Å². The minimum Gasteiger partial charge on any atom is -0.376 e. The highest BCUT2D eigenvalue weighted by molar-refractivity contribution is 6.19. The van der Waals surface area contributed by atoms with Crippen molar-refractivity contribution in [2.75, 3.05) is 13.6 Å². The third-order valence-corrected chi connectivity index (χ3v) is 0.527. The number of aliphatic hydroxyl groups is 1. The Kier molecular flexibility index (Phi) is 3.52. The van der Waals surface area contributed by atoms with E-state index < -0.39 is 5.56 Å². The molecule has 0 saturated heterocycles. The minimum absolute atomic E-state index is 0.446. The molecule has 6 heavy (non-hydrogen) atoms. The molecule has 1 atom stereocenters. The second-order valence-electron chi connectivity index (χ2n) is 0.992. The first-order valence-electron chi connectivity index (χ1n) is 1.74. The Bertz CT molecular complexity index is 32.0. The summed E-state index contributed by atoms with van der Waals surface area (Å²) < 4.78 is 0.